The van der Waals surface area contributed by atoms with Gasteiger partial charge in [-0.25, -0.2) is 0 Å². The van der Waals surface area contributed by atoms with Crippen molar-refractivity contribution in [3.63, 3.8) is 0 Å². The van der Waals surface area contributed by atoms with Crippen molar-refractivity contribution in [2.75, 3.05) is 13.2 Å². The van der Waals surface area contributed by atoms with Crippen molar-refractivity contribution < 1.29 is 14.4 Å². The number of hydrogen-bond donors (Lipinski definition) is 2. The quantitative estimate of drug-likeness (QED) is 0.427. The summed E-state index contributed by atoms with van der Waals surface area (Å²) in [7, 11) is 0. The van der Waals surface area contributed by atoms with Gasteiger partial charge in [0.25, 0.3) is 0 Å². The van der Waals surface area contributed by atoms with Crippen LogP contribution < -0.4 is 5.32 Å². The molecule has 2 rings (SSSR count). The molecule has 0 aromatic rings. The maximum absolute atomic E-state index is 10.6. The molecule has 0 aromatic heterocycles. The number of ether oxygens (including phenoxy) is 2. The number of rotatable bonds is 4. The predicted octanol–water partition coefficient (Wildman–Crippen LogP) is 0.639. The van der Waals surface area contributed by atoms with Crippen molar-refractivity contribution in [2.45, 2.75) is 31.6 Å². The first-order valence-electron chi connectivity index (χ1n) is 5.46. The summed E-state index contributed by atoms with van der Waals surface area (Å²) in [5.74, 6) is -0.461. The normalized spacial score (nSPS) is 24.1. The highest BCUT2D eigenvalue weighted by molar-refractivity contribution is 5.73. The Morgan fingerprint density at radius 2 is 2.12 bits per heavy atom. The van der Waals surface area contributed by atoms with Crippen molar-refractivity contribution in [2.24, 2.45) is 0 Å². The van der Waals surface area contributed by atoms with Crippen molar-refractivity contribution in [3.8, 4) is 0 Å². The van der Waals surface area contributed by atoms with E-state index in [0.29, 0.717) is 31.8 Å². The monoisotopic (exact) mass is 241 g/mol. The van der Waals surface area contributed by atoms with Crippen LogP contribution in [0.3, 0.4) is 0 Å². The van der Waals surface area contributed by atoms with Crippen molar-refractivity contribution in [3.05, 3.63) is 21.5 Å². The van der Waals surface area contributed by atoms with Gasteiger partial charge in [-0.05, 0) is 6.92 Å². The van der Waals surface area contributed by atoms with Gasteiger partial charge >= 0.3 is 5.70 Å². The lowest BCUT2D eigenvalue weighted by Crippen LogP contribution is -2.54. The van der Waals surface area contributed by atoms with E-state index in [2.05, 4.69) is 5.32 Å². The maximum Gasteiger partial charge on any atom is 0.305 e. The zero-order valence-corrected chi connectivity index (χ0v) is 9.56. The molecule has 17 heavy (non-hydrogen) atoms. The molecular weight excluding hydrogens is 226 g/mol. The summed E-state index contributed by atoms with van der Waals surface area (Å²) >= 11 is 0. The summed E-state index contributed by atoms with van der Waals surface area (Å²) in [4.78, 5) is 10.1. The SMILES string of the molecule is C/C(NC1CC2(C1)OCCO2)=C(/C=N)[N+](=O)[O-]. The standard InChI is InChI=1S/C10H15N3O4/c1-7(9(6-11)13(14)15)12-8-4-10(5-8)16-2-3-17-10/h6,8,11-12H,2-5H2,1H3/b9-7+,11-6?. The van der Waals surface area contributed by atoms with Crippen molar-refractivity contribution >= 4 is 6.21 Å². The molecule has 1 saturated carbocycles. The molecule has 7 nitrogen and oxygen atoms in total. The first kappa shape index (κ1) is 12.0. The highest BCUT2D eigenvalue weighted by Crippen LogP contribution is 2.40. The minimum absolute atomic E-state index is 0.114. The third-order valence-corrected chi connectivity index (χ3v) is 3.07. The number of allylic oxidation sites excluding steroid dienone is 2. The molecule has 0 aromatic carbocycles. The summed E-state index contributed by atoms with van der Waals surface area (Å²) in [5.41, 5.74) is 0.196. The number of nitro groups is 1. The lowest BCUT2D eigenvalue weighted by atomic mass is 9.85. The predicted molar refractivity (Wildman–Crippen MR) is 59.3 cm³/mol. The molecule has 1 heterocycles. The van der Waals surface area contributed by atoms with Gasteiger partial charge in [-0.15, -0.1) is 0 Å². The Bertz CT molecular complexity index is 366. The lowest BCUT2D eigenvalue weighted by Gasteiger charge is -2.43. The fourth-order valence-corrected chi connectivity index (χ4v) is 2.20. The maximum atomic E-state index is 10.6. The summed E-state index contributed by atoms with van der Waals surface area (Å²) in [6, 6.07) is 0.114. The minimum Gasteiger partial charge on any atom is -0.380 e. The molecule has 2 fully saturated rings. The van der Waals surface area contributed by atoms with Gasteiger partial charge in [-0.3, -0.25) is 10.1 Å². The minimum atomic E-state index is -0.563. The molecule has 2 N–H and O–H groups in total. The fraction of sp³-hybridized carbons (Fsp3) is 0.700. The molecule has 1 aliphatic carbocycles. The van der Waals surface area contributed by atoms with E-state index in [1.54, 1.807) is 6.92 Å². The molecule has 0 amide bonds. The number of nitrogens with zero attached hydrogens (tertiary/aromatic N) is 1. The van der Waals surface area contributed by atoms with E-state index in [0.717, 1.165) is 6.21 Å². The Kier molecular flexibility index (Phi) is 3.12. The van der Waals surface area contributed by atoms with E-state index in [1.807, 2.05) is 0 Å². The highest BCUT2D eigenvalue weighted by atomic mass is 16.7. The van der Waals surface area contributed by atoms with Gasteiger partial charge in [0, 0.05) is 18.9 Å². The van der Waals surface area contributed by atoms with Crippen LogP contribution in [0.5, 0.6) is 0 Å². The molecule has 0 bridgehead atoms. The Morgan fingerprint density at radius 1 is 1.53 bits per heavy atom. The Hall–Kier alpha value is -1.47. The second kappa shape index (κ2) is 4.42. The van der Waals surface area contributed by atoms with Crippen LogP contribution in [0, 0.1) is 15.5 Å². The molecule has 0 unspecified atom stereocenters. The zero-order chi connectivity index (χ0) is 12.5. The second-order valence-electron chi connectivity index (χ2n) is 4.27. The van der Waals surface area contributed by atoms with E-state index < -0.39 is 10.7 Å². The average molecular weight is 241 g/mol. The van der Waals surface area contributed by atoms with E-state index in [-0.39, 0.29) is 11.7 Å². The lowest BCUT2D eigenvalue weighted by molar-refractivity contribution is -0.415. The van der Waals surface area contributed by atoms with Crippen LogP contribution in [0.25, 0.3) is 0 Å². The summed E-state index contributed by atoms with van der Waals surface area (Å²) < 4.78 is 10.9. The molecule has 1 aliphatic heterocycles. The molecule has 2 aliphatic rings. The molecule has 7 heteroatoms. The first-order chi connectivity index (χ1) is 8.06. The molecule has 0 radical (unpaired) electrons. The summed E-state index contributed by atoms with van der Waals surface area (Å²) in [5, 5.41) is 20.6. The van der Waals surface area contributed by atoms with E-state index in [9.17, 15) is 10.1 Å². The fourth-order valence-electron chi connectivity index (χ4n) is 2.20. The molecule has 94 valence electrons. The van der Waals surface area contributed by atoms with Crippen LogP contribution >= 0.6 is 0 Å². The molecule has 0 atom stereocenters. The van der Waals surface area contributed by atoms with Crippen LogP contribution in [0.2, 0.25) is 0 Å². The number of hydrogen-bond acceptors (Lipinski definition) is 6. The Balaban J connectivity index is 1.91. The van der Waals surface area contributed by atoms with Gasteiger partial charge in [-0.1, -0.05) is 0 Å². The van der Waals surface area contributed by atoms with E-state index >= 15 is 0 Å². The summed E-state index contributed by atoms with van der Waals surface area (Å²) in [6.45, 7) is 2.83. The average Bonchev–Trinajstić information content (AvgIpc) is 2.66. The second-order valence-corrected chi connectivity index (χ2v) is 4.27. The molecular formula is C10H15N3O4. The van der Waals surface area contributed by atoms with Crippen LogP contribution in [0.1, 0.15) is 19.8 Å². The Morgan fingerprint density at radius 3 is 2.59 bits per heavy atom. The van der Waals surface area contributed by atoms with Crippen LogP contribution in [-0.4, -0.2) is 36.2 Å². The van der Waals surface area contributed by atoms with E-state index in [1.165, 1.54) is 0 Å². The van der Waals surface area contributed by atoms with Gasteiger partial charge in [0.1, 0.15) is 0 Å². The topological polar surface area (TPSA) is 97.5 Å². The first-order valence-corrected chi connectivity index (χ1v) is 5.46. The largest absolute Gasteiger partial charge is 0.380 e. The van der Waals surface area contributed by atoms with Gasteiger partial charge in [0.15, 0.2) is 5.79 Å². The third kappa shape index (κ3) is 2.29. The summed E-state index contributed by atoms with van der Waals surface area (Å²) in [6.07, 6.45) is 2.13. The third-order valence-electron chi connectivity index (χ3n) is 3.07. The number of nitrogens with one attached hydrogen (secondary N) is 2. The van der Waals surface area contributed by atoms with E-state index in [4.69, 9.17) is 14.9 Å². The van der Waals surface area contributed by atoms with Crippen molar-refractivity contribution in [1.29, 1.82) is 5.41 Å². The smallest absolute Gasteiger partial charge is 0.305 e. The Labute approximate surface area is 98.4 Å². The van der Waals surface area contributed by atoms with Crippen molar-refractivity contribution in [1.82, 2.24) is 5.32 Å². The molecule has 1 saturated heterocycles. The van der Waals surface area contributed by atoms with Crippen LogP contribution in [0.4, 0.5) is 0 Å². The van der Waals surface area contributed by atoms with Gasteiger partial charge < -0.3 is 20.2 Å². The highest BCUT2D eigenvalue weighted by Gasteiger charge is 2.49. The van der Waals surface area contributed by atoms with Gasteiger partial charge in [-0.2, -0.15) is 0 Å². The van der Waals surface area contributed by atoms with Gasteiger partial charge in [0.05, 0.1) is 30.0 Å². The van der Waals surface area contributed by atoms with Crippen LogP contribution in [-0.2, 0) is 9.47 Å². The molecule has 1 spiro atoms. The van der Waals surface area contributed by atoms with Gasteiger partial charge in [0.2, 0.25) is 0 Å². The van der Waals surface area contributed by atoms with Crippen LogP contribution in [0.15, 0.2) is 11.4 Å². The zero-order valence-electron chi connectivity index (χ0n) is 9.56.